The van der Waals surface area contributed by atoms with Crippen LogP contribution in [0.15, 0.2) is 30.3 Å². The Morgan fingerprint density at radius 1 is 1.42 bits per heavy atom. The third-order valence-corrected chi connectivity index (χ3v) is 3.62. The molecule has 0 unspecified atom stereocenters. The van der Waals surface area contributed by atoms with Crippen molar-refractivity contribution >= 4 is 23.3 Å². The zero-order valence-electron chi connectivity index (χ0n) is 10.7. The van der Waals surface area contributed by atoms with Gasteiger partial charge in [-0.05, 0) is 18.4 Å². The van der Waals surface area contributed by atoms with Gasteiger partial charge in [0, 0.05) is 19.0 Å². The molecular weight excluding hydrogens is 260 g/mol. The van der Waals surface area contributed by atoms with Crippen LogP contribution in [-0.2, 0) is 11.3 Å². The number of carbonyl (C=O) groups excluding carboxylic acids is 1. The van der Waals surface area contributed by atoms with Gasteiger partial charge in [-0.1, -0.05) is 42.5 Å². The quantitative estimate of drug-likeness (QED) is 0.862. The summed E-state index contributed by atoms with van der Waals surface area (Å²) in [4.78, 5) is 14.1. The van der Waals surface area contributed by atoms with Gasteiger partial charge in [0.15, 0.2) is 0 Å². The third-order valence-electron chi connectivity index (χ3n) is 3.29. The van der Waals surface area contributed by atoms with Gasteiger partial charge in [-0.2, -0.15) is 0 Å². The molecule has 0 saturated carbocycles. The van der Waals surface area contributed by atoms with Crippen molar-refractivity contribution in [3.63, 3.8) is 0 Å². The van der Waals surface area contributed by atoms with E-state index in [0.717, 1.165) is 18.4 Å². The van der Waals surface area contributed by atoms with Crippen molar-refractivity contribution in [3.8, 4) is 0 Å². The van der Waals surface area contributed by atoms with E-state index in [-0.39, 0.29) is 12.0 Å². The highest BCUT2D eigenvalue weighted by atomic mass is 32.1. The lowest BCUT2D eigenvalue weighted by Gasteiger charge is -2.31. The number of ether oxygens (including phenoxy) is 1. The van der Waals surface area contributed by atoms with E-state index in [1.165, 1.54) is 0 Å². The van der Waals surface area contributed by atoms with Gasteiger partial charge in [0.1, 0.15) is 6.61 Å². The van der Waals surface area contributed by atoms with Gasteiger partial charge in [-0.25, -0.2) is 4.79 Å². The molecule has 1 aromatic rings. The first-order chi connectivity index (χ1) is 9.16. The van der Waals surface area contributed by atoms with Gasteiger partial charge >= 0.3 is 6.09 Å². The highest BCUT2D eigenvalue weighted by Gasteiger charge is 2.26. The van der Waals surface area contributed by atoms with Gasteiger partial charge in [0.2, 0.25) is 0 Å². The average Bonchev–Trinajstić information content (AvgIpc) is 2.46. The first-order valence-corrected chi connectivity index (χ1v) is 6.82. The molecule has 1 aliphatic rings. The number of hydrogen-bond acceptors (Lipinski definition) is 3. The molecule has 1 atom stereocenters. The SMILES string of the molecule is NC(=S)[C@H]1CCCN(C(=O)OCc2ccccc2)C1. The lowest BCUT2D eigenvalue weighted by Crippen LogP contribution is -2.43. The number of piperidine rings is 1. The standard InChI is InChI=1S/C14H18N2O2S/c15-13(19)12-7-4-8-16(9-12)14(17)18-10-11-5-2-1-3-6-11/h1-3,5-6,12H,4,7-10H2,(H2,15,19)/t12-/m0/s1. The molecule has 19 heavy (non-hydrogen) atoms. The van der Waals surface area contributed by atoms with Crippen molar-refractivity contribution in [1.82, 2.24) is 4.90 Å². The van der Waals surface area contributed by atoms with Crippen LogP contribution in [0.4, 0.5) is 4.79 Å². The van der Waals surface area contributed by atoms with E-state index in [1.807, 2.05) is 30.3 Å². The molecular formula is C14H18N2O2S. The molecule has 1 amide bonds. The van der Waals surface area contributed by atoms with Gasteiger partial charge in [0.25, 0.3) is 0 Å². The third kappa shape index (κ3) is 3.92. The summed E-state index contributed by atoms with van der Waals surface area (Å²) < 4.78 is 5.30. The summed E-state index contributed by atoms with van der Waals surface area (Å²) in [6.07, 6.45) is 1.59. The molecule has 1 saturated heterocycles. The van der Waals surface area contributed by atoms with E-state index in [2.05, 4.69) is 0 Å². The molecule has 0 bridgehead atoms. The second kappa shape index (κ2) is 6.52. The van der Waals surface area contributed by atoms with Crippen LogP contribution in [0.5, 0.6) is 0 Å². The monoisotopic (exact) mass is 278 g/mol. The molecule has 1 heterocycles. The molecule has 1 aliphatic heterocycles. The average molecular weight is 278 g/mol. The maximum absolute atomic E-state index is 12.0. The Balaban J connectivity index is 1.84. The molecule has 2 rings (SSSR count). The van der Waals surface area contributed by atoms with Crippen molar-refractivity contribution in [3.05, 3.63) is 35.9 Å². The molecule has 1 fully saturated rings. The highest BCUT2D eigenvalue weighted by Crippen LogP contribution is 2.17. The van der Waals surface area contributed by atoms with Crippen LogP contribution in [0.3, 0.4) is 0 Å². The van der Waals surface area contributed by atoms with Crippen molar-refractivity contribution in [1.29, 1.82) is 0 Å². The fourth-order valence-electron chi connectivity index (χ4n) is 2.19. The number of nitrogens with two attached hydrogens (primary N) is 1. The second-order valence-corrected chi connectivity index (χ2v) is 5.20. The summed E-state index contributed by atoms with van der Waals surface area (Å²) in [5.74, 6) is 0.119. The topological polar surface area (TPSA) is 55.6 Å². The Labute approximate surface area is 118 Å². The molecule has 4 nitrogen and oxygen atoms in total. The fraction of sp³-hybridized carbons (Fsp3) is 0.429. The normalized spacial score (nSPS) is 18.9. The first kappa shape index (κ1) is 13.8. The van der Waals surface area contributed by atoms with Gasteiger partial charge in [-0.15, -0.1) is 0 Å². The predicted molar refractivity (Wildman–Crippen MR) is 77.7 cm³/mol. The summed E-state index contributed by atoms with van der Waals surface area (Å²) in [5, 5.41) is 0. The minimum Gasteiger partial charge on any atom is -0.445 e. The Morgan fingerprint density at radius 3 is 2.84 bits per heavy atom. The number of thiocarbonyl (C=S) groups is 1. The maximum Gasteiger partial charge on any atom is 0.410 e. The highest BCUT2D eigenvalue weighted by molar-refractivity contribution is 7.80. The van der Waals surface area contributed by atoms with Crippen molar-refractivity contribution in [2.75, 3.05) is 13.1 Å². The van der Waals surface area contributed by atoms with Crippen LogP contribution in [0.2, 0.25) is 0 Å². The Bertz CT molecular complexity index is 450. The van der Waals surface area contributed by atoms with Gasteiger partial charge in [-0.3, -0.25) is 0 Å². The molecule has 5 heteroatoms. The summed E-state index contributed by atoms with van der Waals surface area (Å²) in [6, 6.07) is 9.64. The molecule has 0 radical (unpaired) electrons. The largest absolute Gasteiger partial charge is 0.445 e. The number of rotatable bonds is 3. The number of amides is 1. The van der Waals surface area contributed by atoms with Crippen molar-refractivity contribution in [2.24, 2.45) is 11.7 Å². The lowest BCUT2D eigenvalue weighted by molar-refractivity contribution is 0.0851. The van der Waals surface area contributed by atoms with E-state index in [4.69, 9.17) is 22.7 Å². The van der Waals surface area contributed by atoms with Crippen LogP contribution in [0.1, 0.15) is 18.4 Å². The summed E-state index contributed by atoms with van der Waals surface area (Å²) in [5.41, 5.74) is 6.63. The number of likely N-dealkylation sites (tertiary alicyclic amines) is 1. The minimum atomic E-state index is -0.287. The Hall–Kier alpha value is -1.62. The van der Waals surface area contributed by atoms with Gasteiger partial charge < -0.3 is 15.4 Å². The van der Waals surface area contributed by atoms with E-state index < -0.39 is 0 Å². The number of hydrogen-bond donors (Lipinski definition) is 1. The molecule has 0 aliphatic carbocycles. The zero-order chi connectivity index (χ0) is 13.7. The van der Waals surface area contributed by atoms with Gasteiger partial charge in [0.05, 0.1) is 4.99 Å². The Morgan fingerprint density at radius 2 is 2.16 bits per heavy atom. The minimum absolute atomic E-state index is 0.119. The second-order valence-electron chi connectivity index (χ2n) is 4.73. The van der Waals surface area contributed by atoms with Crippen LogP contribution < -0.4 is 5.73 Å². The van der Waals surface area contributed by atoms with Crippen LogP contribution in [-0.4, -0.2) is 29.1 Å². The smallest absolute Gasteiger partial charge is 0.410 e. The number of benzene rings is 1. The molecule has 0 spiro atoms. The zero-order valence-corrected chi connectivity index (χ0v) is 11.6. The summed E-state index contributed by atoms with van der Waals surface area (Å²) >= 11 is 5.00. The van der Waals surface area contributed by atoms with Crippen LogP contribution >= 0.6 is 12.2 Å². The summed E-state index contributed by atoms with van der Waals surface area (Å²) in [6.45, 7) is 1.59. The molecule has 1 aromatic carbocycles. The maximum atomic E-state index is 12.0. The molecule has 102 valence electrons. The number of carbonyl (C=O) groups is 1. The van der Waals surface area contributed by atoms with Crippen molar-refractivity contribution < 1.29 is 9.53 Å². The van der Waals surface area contributed by atoms with E-state index in [1.54, 1.807) is 4.90 Å². The molecule has 2 N–H and O–H groups in total. The van der Waals surface area contributed by atoms with E-state index in [9.17, 15) is 4.79 Å². The summed E-state index contributed by atoms with van der Waals surface area (Å²) in [7, 11) is 0. The van der Waals surface area contributed by atoms with Crippen LogP contribution in [0, 0.1) is 5.92 Å². The first-order valence-electron chi connectivity index (χ1n) is 6.42. The van der Waals surface area contributed by atoms with E-state index >= 15 is 0 Å². The number of nitrogens with zero attached hydrogens (tertiary/aromatic N) is 1. The predicted octanol–water partition coefficient (Wildman–Crippen LogP) is 2.32. The van der Waals surface area contributed by atoms with Crippen LogP contribution in [0.25, 0.3) is 0 Å². The lowest BCUT2D eigenvalue weighted by atomic mass is 9.99. The van der Waals surface area contributed by atoms with E-state index in [0.29, 0.717) is 24.7 Å². The van der Waals surface area contributed by atoms with Crippen molar-refractivity contribution in [2.45, 2.75) is 19.4 Å². The Kier molecular flexibility index (Phi) is 4.74. The fourth-order valence-corrected chi connectivity index (χ4v) is 2.38. The molecule has 0 aromatic heterocycles.